The molecule has 0 aromatic heterocycles. The molecule has 3 N–H and O–H groups in total. The average molecular weight is 110 g/mol. The zero-order valence-corrected chi connectivity index (χ0v) is 6.37. The molecular weight excluding hydrogens is 105 g/mol. The first-order valence-electron chi connectivity index (χ1n) is 0.258. The molecule has 0 atom stereocenters. The molecule has 0 rings (SSSR count). The molecule has 0 heterocycles. The van der Waals surface area contributed by atoms with Gasteiger partial charge in [0.2, 0.25) is 0 Å². The Kier molecular flexibility index (Phi) is 89.1. The molecule has 0 aliphatic heterocycles. The summed E-state index contributed by atoms with van der Waals surface area (Å²) in [4.78, 5) is 0. The van der Waals surface area contributed by atoms with Crippen LogP contribution in [0.15, 0.2) is 0 Å². The molecule has 4 heavy (non-hydrogen) atoms. The van der Waals surface area contributed by atoms with Gasteiger partial charge in [-0.05, 0) is 0 Å². The van der Waals surface area contributed by atoms with Crippen molar-refractivity contribution in [2.75, 3.05) is 0 Å². The van der Waals surface area contributed by atoms with E-state index in [0.29, 0.717) is 0 Å². The second-order valence-corrected chi connectivity index (χ2v) is 0. The Morgan fingerprint density at radius 2 is 1.50 bits per heavy atom. The van der Waals surface area contributed by atoms with Crippen LogP contribution in [-0.4, -0.2) is 5.21 Å². The average Bonchev–Trinajstić information content (AvgIpc) is 1.00. The van der Waals surface area contributed by atoms with Crippen LogP contribution < -0.4 is 57.3 Å². The quantitative estimate of drug-likeness (QED) is 0.255. The van der Waals surface area contributed by atoms with E-state index in [1.165, 1.54) is 0 Å². The summed E-state index contributed by atoms with van der Waals surface area (Å²) in [5, 5.41) is 6.50. The first-order valence-corrected chi connectivity index (χ1v) is 0.258. The van der Waals surface area contributed by atoms with E-state index >= 15 is 0 Å². The van der Waals surface area contributed by atoms with E-state index in [-0.39, 0.29) is 65.2 Å². The summed E-state index contributed by atoms with van der Waals surface area (Å²) in [6.45, 7) is 0. The van der Waals surface area contributed by atoms with Gasteiger partial charge in [-0.3, -0.25) is 0 Å². The molecule has 0 amide bonds. The molecule has 0 spiro atoms. The van der Waals surface area contributed by atoms with Crippen LogP contribution in [0.5, 0.6) is 0 Å². The molecular formula is H5ClKNO. The van der Waals surface area contributed by atoms with Crippen LogP contribution in [-0.2, 0) is 0 Å². The third kappa shape index (κ3) is 9.14. The van der Waals surface area contributed by atoms with Gasteiger partial charge in [0.25, 0.3) is 0 Å². The van der Waals surface area contributed by atoms with Gasteiger partial charge in [-0.2, -0.15) is 0 Å². The smallest absolute Gasteiger partial charge is 1.00 e. The van der Waals surface area contributed by atoms with Crippen LogP contribution in [0.4, 0.5) is 0 Å². The van der Waals surface area contributed by atoms with Gasteiger partial charge in [0.05, 0.1) is 0 Å². The molecule has 0 saturated heterocycles. The largest absolute Gasteiger partial charge is 1.00 e. The summed E-state index contributed by atoms with van der Waals surface area (Å²) in [6.07, 6.45) is 0. The number of halogens is 1. The molecule has 0 fully saturated rings. The molecule has 0 radical (unpaired) electrons. The van der Waals surface area contributed by atoms with E-state index in [1.54, 1.807) is 0 Å². The van der Waals surface area contributed by atoms with Crippen molar-refractivity contribution in [1.82, 2.24) is 0 Å². The standard InChI is InChI=1S/ClH.K.H3NO.H/c;;1-2;/h1H;;2H,1H2;/q;+1;;-1. The van der Waals surface area contributed by atoms with Crippen LogP contribution in [0.1, 0.15) is 1.43 Å². The molecule has 24 valence electrons. The van der Waals surface area contributed by atoms with Crippen LogP contribution in [0.2, 0.25) is 0 Å². The first-order chi connectivity index (χ1) is 1.00. The third-order valence-corrected chi connectivity index (χ3v) is 0. The van der Waals surface area contributed by atoms with E-state index in [0.717, 1.165) is 0 Å². The van der Waals surface area contributed by atoms with Crippen LogP contribution in [0, 0.1) is 0 Å². The molecule has 0 aromatic rings. The van der Waals surface area contributed by atoms with Gasteiger partial charge in [-0.15, -0.1) is 12.4 Å². The van der Waals surface area contributed by atoms with Crippen LogP contribution in [0.3, 0.4) is 0 Å². The van der Waals surface area contributed by atoms with Gasteiger partial charge in [0.15, 0.2) is 0 Å². The summed E-state index contributed by atoms with van der Waals surface area (Å²) < 4.78 is 0. The molecule has 0 unspecified atom stereocenters. The van der Waals surface area contributed by atoms with E-state index in [9.17, 15) is 0 Å². The molecule has 0 aromatic carbocycles. The van der Waals surface area contributed by atoms with Crippen molar-refractivity contribution in [3.05, 3.63) is 0 Å². The van der Waals surface area contributed by atoms with Crippen LogP contribution in [0.25, 0.3) is 0 Å². The predicted octanol–water partition coefficient (Wildman–Crippen LogP) is -3.13. The summed E-state index contributed by atoms with van der Waals surface area (Å²) in [5.41, 5.74) is 0. The normalized spacial score (nSPS) is 1.50. The second-order valence-electron chi connectivity index (χ2n) is 0. The summed E-state index contributed by atoms with van der Waals surface area (Å²) >= 11 is 0. The van der Waals surface area contributed by atoms with Crippen molar-refractivity contribution in [2.45, 2.75) is 0 Å². The van der Waals surface area contributed by atoms with E-state index < -0.39 is 0 Å². The zero-order chi connectivity index (χ0) is 2.00. The fraction of sp³-hybridized carbons (Fsp3) is 0. The zero-order valence-electron chi connectivity index (χ0n) is 3.43. The SMILES string of the molecule is Cl.NO.[H-].[K+]. The Hall–Kier alpha value is 1.85. The summed E-state index contributed by atoms with van der Waals surface area (Å²) in [7, 11) is 0. The Morgan fingerprint density at radius 1 is 1.50 bits per heavy atom. The topological polar surface area (TPSA) is 46.2 Å². The number of hydrogen-bond acceptors (Lipinski definition) is 2. The number of rotatable bonds is 0. The van der Waals surface area contributed by atoms with Gasteiger partial charge >= 0.3 is 51.4 Å². The van der Waals surface area contributed by atoms with Gasteiger partial charge < -0.3 is 6.63 Å². The predicted molar refractivity (Wildman–Crippen MR) is 14.3 cm³/mol. The van der Waals surface area contributed by atoms with Gasteiger partial charge in [-0.1, -0.05) is 0 Å². The fourth-order valence-electron chi connectivity index (χ4n) is 0. The Labute approximate surface area is 75.0 Å². The van der Waals surface area contributed by atoms with Gasteiger partial charge in [0, 0.05) is 0 Å². The van der Waals surface area contributed by atoms with E-state index in [1.807, 2.05) is 0 Å². The van der Waals surface area contributed by atoms with Crippen molar-refractivity contribution >= 4 is 12.4 Å². The molecule has 0 bridgehead atoms. The van der Waals surface area contributed by atoms with Crippen molar-refractivity contribution in [1.29, 1.82) is 0 Å². The van der Waals surface area contributed by atoms with Crippen molar-refractivity contribution in [3.63, 3.8) is 0 Å². The summed E-state index contributed by atoms with van der Waals surface area (Å²) in [5.74, 6) is 3.50. The minimum absolute atomic E-state index is 0. The minimum atomic E-state index is 0. The molecule has 0 saturated carbocycles. The maximum absolute atomic E-state index is 6.50. The number of hydrogen-bond donors (Lipinski definition) is 2. The van der Waals surface area contributed by atoms with E-state index in [2.05, 4.69) is 5.90 Å². The maximum atomic E-state index is 6.50. The summed E-state index contributed by atoms with van der Waals surface area (Å²) in [6, 6.07) is 0. The van der Waals surface area contributed by atoms with Crippen molar-refractivity contribution < 1.29 is 58.0 Å². The minimum Gasteiger partial charge on any atom is -1.00 e. The first kappa shape index (κ1) is 16.9. The monoisotopic (exact) mass is 109 g/mol. The molecule has 4 heteroatoms. The van der Waals surface area contributed by atoms with Gasteiger partial charge in [0.1, 0.15) is 0 Å². The van der Waals surface area contributed by atoms with Gasteiger partial charge in [-0.25, -0.2) is 5.90 Å². The van der Waals surface area contributed by atoms with Crippen LogP contribution >= 0.6 is 12.4 Å². The Bertz CT molecular complexity index is 11.6. The second kappa shape index (κ2) is 21.0. The molecule has 0 aliphatic rings. The molecule has 2 nitrogen and oxygen atoms in total. The fourth-order valence-corrected chi connectivity index (χ4v) is 0. The van der Waals surface area contributed by atoms with Crippen molar-refractivity contribution in [2.24, 2.45) is 5.90 Å². The Balaban J connectivity index is -0.00000000167. The number of nitrogens with two attached hydrogens (primary N) is 1. The maximum Gasteiger partial charge on any atom is 1.00 e. The third-order valence-electron chi connectivity index (χ3n) is 0. The molecule has 0 aliphatic carbocycles. The Morgan fingerprint density at radius 3 is 1.50 bits per heavy atom. The van der Waals surface area contributed by atoms with Crippen molar-refractivity contribution in [3.8, 4) is 0 Å². The van der Waals surface area contributed by atoms with E-state index in [4.69, 9.17) is 5.21 Å².